The number of rotatable bonds is 2. The van der Waals surface area contributed by atoms with Crippen LogP contribution < -0.4 is 5.32 Å². The van der Waals surface area contributed by atoms with Crippen LogP contribution in [0.1, 0.15) is 60.8 Å². The van der Waals surface area contributed by atoms with Crippen LogP contribution in [0.25, 0.3) is 0 Å². The molecule has 0 heterocycles. The molecule has 0 aliphatic heterocycles. The van der Waals surface area contributed by atoms with Gasteiger partial charge in [-0.3, -0.25) is 0 Å². The average molecular weight is 223 g/mol. The minimum absolute atomic E-state index is 0.480. The Bertz CT molecular complexity index is 253. The van der Waals surface area contributed by atoms with E-state index < -0.39 is 0 Å². The second-order valence-corrected chi connectivity index (χ2v) is 7.42. The van der Waals surface area contributed by atoms with Crippen LogP contribution >= 0.6 is 0 Å². The second kappa shape index (κ2) is 3.73. The Morgan fingerprint density at radius 3 is 2.00 bits per heavy atom. The molecule has 1 heteroatoms. The first-order chi connectivity index (χ1) is 7.28. The Morgan fingerprint density at radius 2 is 1.50 bits per heavy atom. The molecule has 0 aromatic heterocycles. The fourth-order valence-corrected chi connectivity index (χ4v) is 3.64. The predicted octanol–water partition coefficient (Wildman–Crippen LogP) is 3.84. The molecule has 2 rings (SSSR count). The minimum Gasteiger partial charge on any atom is -0.310 e. The molecule has 0 saturated heterocycles. The molecule has 16 heavy (non-hydrogen) atoms. The minimum atomic E-state index is 0.480. The zero-order valence-corrected chi connectivity index (χ0v) is 11.9. The first-order valence-electron chi connectivity index (χ1n) is 7.04. The summed E-state index contributed by atoms with van der Waals surface area (Å²) in [5.41, 5.74) is 0.959. The van der Waals surface area contributed by atoms with E-state index in [9.17, 15) is 0 Å². The third-order valence-electron chi connectivity index (χ3n) is 6.11. The maximum atomic E-state index is 3.95. The highest BCUT2D eigenvalue weighted by molar-refractivity contribution is 5.18. The molecule has 0 aromatic carbocycles. The lowest BCUT2D eigenvalue weighted by Gasteiger charge is -2.35. The summed E-state index contributed by atoms with van der Waals surface area (Å²) in [6.45, 7) is 14.5. The summed E-state index contributed by atoms with van der Waals surface area (Å²) >= 11 is 0. The highest BCUT2D eigenvalue weighted by atomic mass is 15.1. The second-order valence-electron chi connectivity index (χ2n) is 7.42. The smallest absolute Gasteiger partial charge is 0.0183 e. The monoisotopic (exact) mass is 223 g/mol. The van der Waals surface area contributed by atoms with Gasteiger partial charge in [-0.1, -0.05) is 54.4 Å². The Balaban J connectivity index is 1.96. The van der Waals surface area contributed by atoms with E-state index in [-0.39, 0.29) is 0 Å². The third kappa shape index (κ3) is 1.72. The van der Waals surface area contributed by atoms with Crippen molar-refractivity contribution >= 4 is 0 Å². The summed E-state index contributed by atoms with van der Waals surface area (Å²) in [5, 5.41) is 3.95. The normalized spacial score (nSPS) is 42.0. The van der Waals surface area contributed by atoms with Crippen LogP contribution in [0.15, 0.2) is 0 Å². The Morgan fingerprint density at radius 1 is 0.938 bits per heavy atom. The lowest BCUT2D eigenvalue weighted by atomic mass is 9.78. The molecule has 0 radical (unpaired) electrons. The van der Waals surface area contributed by atoms with E-state index in [1.165, 1.54) is 19.3 Å². The molecule has 0 aromatic rings. The number of hydrogen-bond acceptors (Lipinski definition) is 1. The van der Waals surface area contributed by atoms with Gasteiger partial charge in [0.25, 0.3) is 0 Å². The van der Waals surface area contributed by atoms with Crippen LogP contribution in [0.4, 0.5) is 0 Å². The van der Waals surface area contributed by atoms with E-state index in [1.807, 2.05) is 0 Å². The van der Waals surface area contributed by atoms with E-state index in [1.54, 1.807) is 0 Å². The molecule has 3 unspecified atom stereocenters. The van der Waals surface area contributed by atoms with Gasteiger partial charge < -0.3 is 5.32 Å². The molecule has 3 atom stereocenters. The van der Waals surface area contributed by atoms with Crippen molar-refractivity contribution in [1.82, 2.24) is 5.32 Å². The van der Waals surface area contributed by atoms with Crippen molar-refractivity contribution in [2.75, 3.05) is 0 Å². The van der Waals surface area contributed by atoms with Crippen molar-refractivity contribution in [3.8, 4) is 0 Å². The van der Waals surface area contributed by atoms with Crippen LogP contribution in [0, 0.1) is 22.7 Å². The summed E-state index contributed by atoms with van der Waals surface area (Å²) < 4.78 is 0. The van der Waals surface area contributed by atoms with Gasteiger partial charge in [0.15, 0.2) is 0 Å². The van der Waals surface area contributed by atoms with Gasteiger partial charge in [-0.05, 0) is 29.1 Å². The molecular formula is C15H29N. The molecule has 2 fully saturated rings. The van der Waals surface area contributed by atoms with Gasteiger partial charge in [-0.2, -0.15) is 0 Å². The van der Waals surface area contributed by atoms with Crippen LogP contribution in [0.3, 0.4) is 0 Å². The van der Waals surface area contributed by atoms with Crippen LogP contribution in [-0.4, -0.2) is 12.1 Å². The standard InChI is InChI=1S/C15H29N/c1-10-8-7-9-12(11(10)2)16-13-14(3,4)15(13,5)6/h10-13,16H,7-9H2,1-6H3. The zero-order valence-electron chi connectivity index (χ0n) is 11.9. The van der Waals surface area contributed by atoms with E-state index in [0.29, 0.717) is 10.8 Å². The van der Waals surface area contributed by atoms with Gasteiger partial charge in [0.1, 0.15) is 0 Å². The fourth-order valence-electron chi connectivity index (χ4n) is 3.64. The Kier molecular flexibility index (Phi) is 2.89. The molecule has 0 amide bonds. The van der Waals surface area contributed by atoms with Crippen molar-refractivity contribution in [1.29, 1.82) is 0 Å². The summed E-state index contributed by atoms with van der Waals surface area (Å²) in [5.74, 6) is 1.75. The van der Waals surface area contributed by atoms with E-state index >= 15 is 0 Å². The highest BCUT2D eigenvalue weighted by Gasteiger charge is 2.65. The van der Waals surface area contributed by atoms with Crippen LogP contribution in [0.2, 0.25) is 0 Å². The highest BCUT2D eigenvalue weighted by Crippen LogP contribution is 2.63. The van der Waals surface area contributed by atoms with Crippen molar-refractivity contribution in [3.63, 3.8) is 0 Å². The molecule has 2 aliphatic rings. The molecular weight excluding hydrogens is 194 g/mol. The Labute approximate surface area is 101 Å². The number of hydrogen-bond donors (Lipinski definition) is 1. The van der Waals surface area contributed by atoms with E-state index in [2.05, 4.69) is 46.9 Å². The molecule has 2 aliphatic carbocycles. The quantitative estimate of drug-likeness (QED) is 0.750. The third-order valence-corrected chi connectivity index (χ3v) is 6.11. The van der Waals surface area contributed by atoms with Crippen molar-refractivity contribution < 1.29 is 0 Å². The Hall–Kier alpha value is -0.0400. The van der Waals surface area contributed by atoms with Gasteiger partial charge in [0.2, 0.25) is 0 Å². The topological polar surface area (TPSA) is 12.0 Å². The molecule has 0 bridgehead atoms. The average Bonchev–Trinajstić information content (AvgIpc) is 2.55. The molecule has 94 valence electrons. The predicted molar refractivity (Wildman–Crippen MR) is 70.5 cm³/mol. The molecule has 1 N–H and O–H groups in total. The van der Waals surface area contributed by atoms with Gasteiger partial charge in [-0.15, -0.1) is 0 Å². The maximum absolute atomic E-state index is 3.95. The molecule has 2 saturated carbocycles. The molecule has 0 spiro atoms. The van der Waals surface area contributed by atoms with Crippen molar-refractivity contribution in [2.45, 2.75) is 72.9 Å². The summed E-state index contributed by atoms with van der Waals surface area (Å²) in [6.07, 6.45) is 4.22. The first-order valence-corrected chi connectivity index (χ1v) is 7.04. The first kappa shape index (κ1) is 12.4. The van der Waals surface area contributed by atoms with Gasteiger partial charge >= 0.3 is 0 Å². The lowest BCUT2D eigenvalue weighted by Crippen LogP contribution is -2.43. The van der Waals surface area contributed by atoms with Gasteiger partial charge in [-0.25, -0.2) is 0 Å². The lowest BCUT2D eigenvalue weighted by molar-refractivity contribution is 0.199. The zero-order chi connectivity index (χ0) is 12.1. The molecule has 1 nitrogen and oxygen atoms in total. The van der Waals surface area contributed by atoms with Gasteiger partial charge in [0.05, 0.1) is 0 Å². The summed E-state index contributed by atoms with van der Waals surface area (Å²) in [4.78, 5) is 0. The maximum Gasteiger partial charge on any atom is 0.0183 e. The largest absolute Gasteiger partial charge is 0.310 e. The van der Waals surface area contributed by atoms with Crippen molar-refractivity contribution in [2.24, 2.45) is 22.7 Å². The van der Waals surface area contributed by atoms with E-state index in [4.69, 9.17) is 0 Å². The SMILES string of the molecule is CC1CCCC(NC2C(C)(C)C2(C)C)C1C. The van der Waals surface area contributed by atoms with Crippen molar-refractivity contribution in [3.05, 3.63) is 0 Å². The number of nitrogens with one attached hydrogen (secondary N) is 1. The summed E-state index contributed by atoms with van der Waals surface area (Å²) in [6, 6.07) is 1.48. The van der Waals surface area contributed by atoms with Crippen LogP contribution in [-0.2, 0) is 0 Å². The fraction of sp³-hybridized carbons (Fsp3) is 1.00. The van der Waals surface area contributed by atoms with Gasteiger partial charge in [0, 0.05) is 12.1 Å². The van der Waals surface area contributed by atoms with E-state index in [0.717, 1.165) is 23.9 Å². The summed E-state index contributed by atoms with van der Waals surface area (Å²) in [7, 11) is 0. The van der Waals surface area contributed by atoms with Crippen LogP contribution in [0.5, 0.6) is 0 Å².